The van der Waals surface area contributed by atoms with Crippen LogP contribution in [0.15, 0.2) is 41.5 Å². The maximum atomic E-state index is 15.1. The third-order valence-electron chi connectivity index (χ3n) is 5.64. The Kier molecular flexibility index (Phi) is 5.77. The number of benzene rings is 1. The second-order valence-electron chi connectivity index (χ2n) is 7.56. The van der Waals surface area contributed by atoms with E-state index in [9.17, 15) is 12.8 Å². The molecule has 1 saturated heterocycles. The number of hydrogen-bond donors (Lipinski definition) is 1. The summed E-state index contributed by atoms with van der Waals surface area (Å²) in [6, 6.07) is 6.53. The largest absolute Gasteiger partial charge is 0.453 e. The van der Waals surface area contributed by atoms with Crippen molar-refractivity contribution < 1.29 is 31.4 Å². The molecule has 4 rings (SSSR count). The van der Waals surface area contributed by atoms with Crippen LogP contribution in [0.2, 0.25) is 0 Å². The van der Waals surface area contributed by atoms with Gasteiger partial charge < -0.3 is 19.9 Å². The van der Waals surface area contributed by atoms with Gasteiger partial charge >= 0.3 is 0 Å². The van der Waals surface area contributed by atoms with Gasteiger partial charge in [0.05, 0.1) is 19.3 Å². The fourth-order valence-corrected chi connectivity index (χ4v) is 5.88. The number of fused-ring (bicyclic) bond motifs is 1. The van der Waals surface area contributed by atoms with Gasteiger partial charge in [0.2, 0.25) is 16.0 Å². The van der Waals surface area contributed by atoms with Crippen LogP contribution >= 0.6 is 0 Å². The third-order valence-corrected chi connectivity index (χ3v) is 7.89. The van der Waals surface area contributed by atoms with Gasteiger partial charge in [0.25, 0.3) is 5.95 Å². The molecule has 0 spiro atoms. The van der Waals surface area contributed by atoms with Crippen LogP contribution in [0.4, 0.5) is 8.78 Å². The van der Waals surface area contributed by atoms with Crippen LogP contribution in [-0.2, 0) is 25.0 Å². The van der Waals surface area contributed by atoms with E-state index < -0.39 is 38.7 Å². The second-order valence-corrected chi connectivity index (χ2v) is 9.70. The van der Waals surface area contributed by atoms with E-state index in [1.165, 1.54) is 44.6 Å². The van der Waals surface area contributed by atoms with Crippen LogP contribution in [0.1, 0.15) is 12.0 Å². The van der Waals surface area contributed by atoms with Gasteiger partial charge in [-0.25, -0.2) is 27.1 Å². The van der Waals surface area contributed by atoms with E-state index in [1.54, 1.807) is 0 Å². The van der Waals surface area contributed by atoms with Gasteiger partial charge in [-0.05, 0) is 36.8 Å². The van der Waals surface area contributed by atoms with Crippen LogP contribution in [-0.4, -0.2) is 62.4 Å². The Morgan fingerprint density at radius 3 is 2.84 bits per heavy atom. The summed E-state index contributed by atoms with van der Waals surface area (Å²) < 4.78 is 72.9. The number of aromatic nitrogens is 1. The molecule has 1 fully saturated rings. The fraction of sp³-hybridized carbons (Fsp3) is 0.400. The van der Waals surface area contributed by atoms with Crippen LogP contribution in [0, 0.1) is 11.8 Å². The molecule has 0 bridgehead atoms. The quantitative estimate of drug-likeness (QED) is 0.665. The highest BCUT2D eigenvalue weighted by Crippen LogP contribution is 2.45. The summed E-state index contributed by atoms with van der Waals surface area (Å²) in [6.45, 7) is -0.0853. The number of guanidine groups is 1. The zero-order valence-corrected chi connectivity index (χ0v) is 18.2. The van der Waals surface area contributed by atoms with Gasteiger partial charge in [-0.2, -0.15) is 4.39 Å². The smallest absolute Gasteiger partial charge is 0.255 e. The lowest BCUT2D eigenvalue weighted by Crippen LogP contribution is -2.62. The molecule has 3 atom stereocenters. The standard InChI is InChI=1S/C20H22F2N4O5S/c1-26-19(23)25-20(11-30-13(10-29-2)9-17(20)32(26,27)28)14-8-12(5-6-15(14)21)31-16-4-3-7-24-18(16)22/h3-8,13,17H,9-11H2,1-2H3,(H2,23,25)/t13-,17-,20-/m1/s1. The Labute approximate surface area is 183 Å². The minimum atomic E-state index is -4.00. The molecule has 0 saturated carbocycles. The van der Waals surface area contributed by atoms with E-state index in [-0.39, 0.29) is 42.7 Å². The Balaban J connectivity index is 1.83. The van der Waals surface area contributed by atoms with Gasteiger partial charge in [0.1, 0.15) is 22.4 Å². The average Bonchev–Trinajstić information content (AvgIpc) is 2.76. The summed E-state index contributed by atoms with van der Waals surface area (Å²) in [5, 5.41) is -1.17. The molecule has 1 aromatic carbocycles. The molecule has 2 aliphatic rings. The molecule has 1 aromatic heterocycles. The lowest BCUT2D eigenvalue weighted by atomic mass is 9.82. The molecule has 12 heteroatoms. The third kappa shape index (κ3) is 3.67. The van der Waals surface area contributed by atoms with E-state index in [0.717, 1.165) is 10.4 Å². The molecular formula is C20H22F2N4O5S. The fourth-order valence-electron chi connectivity index (χ4n) is 4.00. The summed E-state index contributed by atoms with van der Waals surface area (Å²) in [6.07, 6.45) is 0.750. The lowest BCUT2D eigenvalue weighted by molar-refractivity contribution is -0.0611. The summed E-state index contributed by atoms with van der Waals surface area (Å²) in [5.41, 5.74) is 4.17. The number of pyridine rings is 1. The second kappa shape index (κ2) is 8.26. The summed E-state index contributed by atoms with van der Waals surface area (Å²) >= 11 is 0. The summed E-state index contributed by atoms with van der Waals surface area (Å²) in [4.78, 5) is 7.91. The van der Waals surface area contributed by atoms with Crippen molar-refractivity contribution in [3.8, 4) is 11.5 Å². The molecule has 0 aliphatic carbocycles. The van der Waals surface area contributed by atoms with Gasteiger partial charge in [-0.15, -0.1) is 0 Å². The zero-order valence-electron chi connectivity index (χ0n) is 17.4. The van der Waals surface area contributed by atoms with Gasteiger partial charge in [0.15, 0.2) is 5.75 Å². The number of nitrogens with zero attached hydrogens (tertiary/aromatic N) is 3. The number of ether oxygens (including phenoxy) is 3. The predicted molar refractivity (Wildman–Crippen MR) is 111 cm³/mol. The van der Waals surface area contributed by atoms with E-state index in [1.807, 2.05) is 0 Å². The van der Waals surface area contributed by atoms with Crippen molar-refractivity contribution in [2.24, 2.45) is 10.7 Å². The molecular weight excluding hydrogens is 446 g/mol. The predicted octanol–water partition coefficient (Wildman–Crippen LogP) is 1.74. The van der Waals surface area contributed by atoms with Crippen LogP contribution in [0.5, 0.6) is 11.5 Å². The molecule has 2 aromatic rings. The van der Waals surface area contributed by atoms with Crippen molar-refractivity contribution in [2.75, 3.05) is 27.4 Å². The van der Waals surface area contributed by atoms with Gasteiger partial charge in [-0.1, -0.05) is 0 Å². The number of methoxy groups -OCH3 is 1. The molecule has 32 heavy (non-hydrogen) atoms. The normalized spacial score (nSPS) is 26.9. The number of hydrogen-bond acceptors (Lipinski definition) is 8. The highest BCUT2D eigenvalue weighted by atomic mass is 32.2. The number of sulfonamides is 1. The first kappa shape index (κ1) is 22.4. The van der Waals surface area contributed by atoms with Crippen LogP contribution in [0.25, 0.3) is 0 Å². The van der Waals surface area contributed by atoms with Crippen LogP contribution < -0.4 is 10.5 Å². The molecule has 0 unspecified atom stereocenters. The van der Waals surface area contributed by atoms with Crippen molar-refractivity contribution in [3.05, 3.63) is 53.9 Å². The van der Waals surface area contributed by atoms with E-state index >= 15 is 4.39 Å². The molecule has 9 nitrogen and oxygen atoms in total. The molecule has 2 aliphatic heterocycles. The summed E-state index contributed by atoms with van der Waals surface area (Å²) in [5.74, 6) is -1.95. The van der Waals surface area contributed by atoms with Gasteiger partial charge in [0, 0.05) is 25.9 Å². The maximum Gasteiger partial charge on any atom is 0.255 e. The Morgan fingerprint density at radius 2 is 2.12 bits per heavy atom. The average molecular weight is 468 g/mol. The minimum absolute atomic E-state index is 0.0129. The Hall–Kier alpha value is -2.83. The first-order valence-corrected chi connectivity index (χ1v) is 11.2. The van der Waals surface area contributed by atoms with E-state index in [0.29, 0.717) is 0 Å². The Morgan fingerprint density at radius 1 is 1.34 bits per heavy atom. The topological polar surface area (TPSA) is 116 Å². The SMILES string of the molecule is COC[C@H]1C[C@@H]2[C@](c3cc(Oc4cccnc4F)ccc3F)(CO1)N=C(N)N(C)S2(=O)=O. The number of halogens is 2. The first-order valence-electron chi connectivity index (χ1n) is 9.71. The van der Waals surface area contributed by atoms with Crippen molar-refractivity contribution in [3.63, 3.8) is 0 Å². The molecule has 0 radical (unpaired) electrons. The molecule has 3 heterocycles. The van der Waals surface area contributed by atoms with Crippen molar-refractivity contribution in [1.82, 2.24) is 9.29 Å². The molecule has 172 valence electrons. The summed E-state index contributed by atoms with van der Waals surface area (Å²) in [7, 11) is -1.24. The van der Waals surface area contributed by atoms with Gasteiger partial charge in [-0.3, -0.25) is 0 Å². The lowest BCUT2D eigenvalue weighted by Gasteiger charge is -2.47. The minimum Gasteiger partial charge on any atom is -0.453 e. The Bertz CT molecular complexity index is 1160. The zero-order chi connectivity index (χ0) is 23.1. The monoisotopic (exact) mass is 468 g/mol. The van der Waals surface area contributed by atoms with Crippen molar-refractivity contribution >= 4 is 16.0 Å². The van der Waals surface area contributed by atoms with Crippen molar-refractivity contribution in [1.29, 1.82) is 0 Å². The highest BCUT2D eigenvalue weighted by Gasteiger charge is 2.57. The van der Waals surface area contributed by atoms with Crippen molar-refractivity contribution in [2.45, 2.75) is 23.3 Å². The van der Waals surface area contributed by atoms with E-state index in [4.69, 9.17) is 19.9 Å². The number of nitrogens with two attached hydrogens (primary N) is 1. The number of rotatable bonds is 5. The maximum absolute atomic E-state index is 15.1. The van der Waals surface area contributed by atoms with E-state index in [2.05, 4.69) is 9.98 Å². The molecule has 0 amide bonds. The molecule has 2 N–H and O–H groups in total. The highest BCUT2D eigenvalue weighted by molar-refractivity contribution is 7.90. The first-order chi connectivity index (χ1) is 15.2. The number of aliphatic imine (C=N–C) groups is 1. The van der Waals surface area contributed by atoms with Crippen LogP contribution in [0.3, 0.4) is 0 Å².